The van der Waals surface area contributed by atoms with Crippen LogP contribution in [0.15, 0.2) is 59.1 Å². The summed E-state index contributed by atoms with van der Waals surface area (Å²) in [6.07, 6.45) is 0. The van der Waals surface area contributed by atoms with Crippen molar-refractivity contribution in [2.75, 3.05) is 0 Å². The lowest BCUT2D eigenvalue weighted by atomic mass is 9.77. The van der Waals surface area contributed by atoms with E-state index in [9.17, 15) is 0 Å². The van der Waals surface area contributed by atoms with Gasteiger partial charge in [-0.15, -0.1) is 0 Å². The van der Waals surface area contributed by atoms with Crippen LogP contribution in [0.2, 0.25) is 0 Å². The van der Waals surface area contributed by atoms with Crippen molar-refractivity contribution in [1.82, 2.24) is 0 Å². The molecule has 5 rings (SSSR count). The third-order valence-electron chi connectivity index (χ3n) is 6.32. The molecule has 0 radical (unpaired) electrons. The van der Waals surface area contributed by atoms with E-state index in [0.29, 0.717) is 0 Å². The van der Waals surface area contributed by atoms with Gasteiger partial charge in [0.15, 0.2) is 0 Å². The van der Waals surface area contributed by atoms with Gasteiger partial charge in [0.1, 0.15) is 0 Å². The Morgan fingerprint density at radius 1 is 0.640 bits per heavy atom. The molecule has 3 aromatic carbocycles. The molecular weight excluding hydrogens is 368 g/mol. The van der Waals surface area contributed by atoms with Crippen LogP contribution in [0.1, 0.15) is 49.9 Å². The average Bonchev–Trinajstić information content (AvgIpc) is 2.95. The van der Waals surface area contributed by atoms with Crippen LogP contribution < -0.4 is 0 Å². The molecule has 0 atom stereocenters. The third kappa shape index (κ3) is 1.77. The number of rotatable bonds is 0. The van der Waals surface area contributed by atoms with Crippen molar-refractivity contribution in [3.05, 3.63) is 81.3 Å². The Labute approximate surface area is 158 Å². The Morgan fingerprint density at radius 3 is 2.16 bits per heavy atom. The highest BCUT2D eigenvalue weighted by Gasteiger charge is 2.44. The minimum atomic E-state index is 0.00726. The van der Waals surface area contributed by atoms with Gasteiger partial charge in [0.2, 0.25) is 0 Å². The van der Waals surface area contributed by atoms with Gasteiger partial charge in [0, 0.05) is 15.3 Å². The second-order valence-corrected chi connectivity index (χ2v) is 9.31. The Morgan fingerprint density at radius 2 is 1.36 bits per heavy atom. The second kappa shape index (κ2) is 4.65. The van der Waals surface area contributed by atoms with Crippen molar-refractivity contribution in [3.63, 3.8) is 0 Å². The minimum absolute atomic E-state index is 0.00726. The molecule has 1 heteroatoms. The monoisotopic (exact) mass is 388 g/mol. The van der Waals surface area contributed by atoms with Crippen LogP contribution in [0.25, 0.3) is 22.3 Å². The fraction of sp³-hybridized carbons (Fsp3) is 0.250. The van der Waals surface area contributed by atoms with Crippen LogP contribution >= 0.6 is 15.9 Å². The standard InChI is InChI=1S/C24H21Br/c1-23(2)18-8-6-5-7-17(18)21-19(23)12-11-16-15-10-9-14(25)13-20(15)24(3,4)22(16)21/h5-13H,1-4H3. The van der Waals surface area contributed by atoms with E-state index in [-0.39, 0.29) is 10.8 Å². The molecule has 0 nitrogen and oxygen atoms in total. The van der Waals surface area contributed by atoms with Crippen LogP contribution in [-0.2, 0) is 10.8 Å². The predicted octanol–water partition coefficient (Wildman–Crippen LogP) is 7.06. The quantitative estimate of drug-likeness (QED) is 0.386. The number of benzene rings is 3. The summed E-state index contributed by atoms with van der Waals surface area (Å²) in [5.74, 6) is 0. The molecule has 2 aliphatic rings. The maximum absolute atomic E-state index is 3.67. The SMILES string of the molecule is CC1(C)c2ccccc2-c2c1ccc1c2C(C)(C)c2cc(Br)ccc2-1. The lowest BCUT2D eigenvalue weighted by Crippen LogP contribution is -2.18. The first-order valence-electron chi connectivity index (χ1n) is 8.92. The summed E-state index contributed by atoms with van der Waals surface area (Å²) in [6, 6.07) is 20.4. The van der Waals surface area contributed by atoms with Crippen LogP contribution in [0, 0.1) is 0 Å². The first-order chi connectivity index (χ1) is 11.8. The fourth-order valence-electron chi connectivity index (χ4n) is 5.07. The molecule has 0 heterocycles. The van der Waals surface area contributed by atoms with E-state index in [4.69, 9.17) is 0 Å². The van der Waals surface area contributed by atoms with Crippen molar-refractivity contribution in [1.29, 1.82) is 0 Å². The molecule has 0 aliphatic heterocycles. The molecule has 0 fully saturated rings. The van der Waals surface area contributed by atoms with Gasteiger partial charge in [-0.1, -0.05) is 86.1 Å². The predicted molar refractivity (Wildman–Crippen MR) is 109 cm³/mol. The molecule has 0 N–H and O–H groups in total. The van der Waals surface area contributed by atoms with E-state index < -0.39 is 0 Å². The molecule has 0 aromatic heterocycles. The molecule has 0 unspecified atom stereocenters. The molecule has 124 valence electrons. The van der Waals surface area contributed by atoms with E-state index in [1.165, 1.54) is 44.5 Å². The maximum Gasteiger partial charge on any atom is 0.0178 e. The van der Waals surface area contributed by atoms with E-state index in [0.717, 1.165) is 4.47 Å². The summed E-state index contributed by atoms with van der Waals surface area (Å²) in [7, 11) is 0. The molecule has 0 saturated heterocycles. The van der Waals surface area contributed by atoms with E-state index in [1.807, 2.05) is 0 Å². The van der Waals surface area contributed by atoms with E-state index in [1.54, 1.807) is 0 Å². The zero-order valence-corrected chi connectivity index (χ0v) is 16.7. The first-order valence-corrected chi connectivity index (χ1v) is 9.71. The van der Waals surface area contributed by atoms with Crippen molar-refractivity contribution < 1.29 is 0 Å². The lowest BCUT2D eigenvalue weighted by Gasteiger charge is -2.26. The normalized spacial score (nSPS) is 17.6. The van der Waals surface area contributed by atoms with Gasteiger partial charge in [0.05, 0.1) is 0 Å². The van der Waals surface area contributed by atoms with Gasteiger partial charge in [-0.25, -0.2) is 0 Å². The van der Waals surface area contributed by atoms with Crippen LogP contribution in [0.5, 0.6) is 0 Å². The molecule has 0 bridgehead atoms. The summed E-state index contributed by atoms with van der Waals surface area (Å²) >= 11 is 3.67. The highest BCUT2D eigenvalue weighted by molar-refractivity contribution is 9.10. The number of halogens is 1. The highest BCUT2D eigenvalue weighted by atomic mass is 79.9. The van der Waals surface area contributed by atoms with Gasteiger partial charge < -0.3 is 0 Å². The molecule has 0 spiro atoms. The second-order valence-electron chi connectivity index (χ2n) is 8.40. The van der Waals surface area contributed by atoms with Crippen molar-refractivity contribution in [2.24, 2.45) is 0 Å². The Bertz CT molecular complexity index is 1050. The smallest absolute Gasteiger partial charge is 0.0178 e. The summed E-state index contributed by atoms with van der Waals surface area (Å²) in [4.78, 5) is 0. The van der Waals surface area contributed by atoms with E-state index >= 15 is 0 Å². The third-order valence-corrected chi connectivity index (χ3v) is 6.81. The molecule has 25 heavy (non-hydrogen) atoms. The van der Waals surface area contributed by atoms with Gasteiger partial charge in [-0.3, -0.25) is 0 Å². The largest absolute Gasteiger partial charge is 0.0619 e. The summed E-state index contributed by atoms with van der Waals surface area (Å²) in [5, 5.41) is 0. The Balaban J connectivity index is 1.93. The van der Waals surface area contributed by atoms with Crippen molar-refractivity contribution in [2.45, 2.75) is 38.5 Å². The average molecular weight is 389 g/mol. The lowest BCUT2D eigenvalue weighted by molar-refractivity contribution is 0.647. The first kappa shape index (κ1) is 15.4. The summed E-state index contributed by atoms with van der Waals surface area (Å²) in [6.45, 7) is 9.46. The zero-order chi connectivity index (χ0) is 17.6. The van der Waals surface area contributed by atoms with Crippen LogP contribution in [-0.4, -0.2) is 0 Å². The van der Waals surface area contributed by atoms with Gasteiger partial charge >= 0.3 is 0 Å². The van der Waals surface area contributed by atoms with Crippen LogP contribution in [0.3, 0.4) is 0 Å². The number of hydrogen-bond acceptors (Lipinski definition) is 0. The van der Waals surface area contributed by atoms with Crippen molar-refractivity contribution >= 4 is 15.9 Å². The topological polar surface area (TPSA) is 0 Å². The summed E-state index contributed by atoms with van der Waals surface area (Å²) in [5.41, 5.74) is 11.6. The highest BCUT2D eigenvalue weighted by Crippen LogP contribution is 2.58. The fourth-order valence-corrected chi connectivity index (χ4v) is 5.43. The summed E-state index contributed by atoms with van der Waals surface area (Å²) < 4.78 is 1.16. The molecule has 3 aromatic rings. The van der Waals surface area contributed by atoms with Gasteiger partial charge in [-0.05, 0) is 56.6 Å². The number of fused-ring (bicyclic) bond motifs is 7. The van der Waals surface area contributed by atoms with Crippen LogP contribution in [0.4, 0.5) is 0 Å². The van der Waals surface area contributed by atoms with Gasteiger partial charge in [0.25, 0.3) is 0 Å². The number of hydrogen-bond donors (Lipinski definition) is 0. The molecule has 2 aliphatic carbocycles. The van der Waals surface area contributed by atoms with Crippen molar-refractivity contribution in [3.8, 4) is 22.3 Å². The van der Waals surface area contributed by atoms with E-state index in [2.05, 4.69) is 98.2 Å². The molecule has 0 saturated carbocycles. The molecule has 0 amide bonds. The van der Waals surface area contributed by atoms with Gasteiger partial charge in [-0.2, -0.15) is 0 Å². The Hall–Kier alpha value is -1.86. The molecular formula is C24H21Br. The Kier molecular flexibility index (Phi) is 2.86. The minimum Gasteiger partial charge on any atom is -0.0619 e. The zero-order valence-electron chi connectivity index (χ0n) is 15.1. The maximum atomic E-state index is 3.67.